The molecule has 0 radical (unpaired) electrons. The number of carbonyl (C=O) groups excluding carboxylic acids is 1. The monoisotopic (exact) mass is 390 g/mol. The lowest BCUT2D eigenvalue weighted by Crippen LogP contribution is -2.51. The van der Waals surface area contributed by atoms with E-state index in [2.05, 4.69) is 35.7 Å². The van der Waals surface area contributed by atoms with Crippen molar-refractivity contribution in [1.29, 1.82) is 0 Å². The molecule has 0 spiro atoms. The van der Waals surface area contributed by atoms with Crippen LogP contribution in [0.2, 0.25) is 0 Å². The lowest BCUT2D eigenvalue weighted by Gasteiger charge is -2.32. The number of aromatic amines is 1. The van der Waals surface area contributed by atoms with E-state index in [1.807, 2.05) is 6.08 Å². The van der Waals surface area contributed by atoms with Crippen molar-refractivity contribution in [2.24, 2.45) is 23.5 Å². The Morgan fingerprint density at radius 3 is 2.71 bits per heavy atom. The van der Waals surface area contributed by atoms with Gasteiger partial charge in [-0.25, -0.2) is 4.98 Å². The van der Waals surface area contributed by atoms with Gasteiger partial charge in [0.05, 0.1) is 24.5 Å². The largest absolute Gasteiger partial charge is 0.391 e. The first-order chi connectivity index (χ1) is 13.4. The molecule has 1 fully saturated rings. The molecule has 1 amide bonds. The zero-order chi connectivity index (χ0) is 20.5. The first-order valence-electron chi connectivity index (χ1n) is 10.7. The number of carbonyl (C=O) groups is 1. The van der Waals surface area contributed by atoms with Crippen LogP contribution < -0.4 is 11.1 Å². The van der Waals surface area contributed by atoms with Gasteiger partial charge >= 0.3 is 0 Å². The number of aliphatic hydroxyl groups is 1. The van der Waals surface area contributed by atoms with Crippen molar-refractivity contribution in [3.8, 4) is 0 Å². The van der Waals surface area contributed by atoms with Crippen LogP contribution in [0.5, 0.6) is 0 Å². The lowest BCUT2D eigenvalue weighted by molar-refractivity contribution is -0.124. The molecule has 0 saturated heterocycles. The van der Waals surface area contributed by atoms with E-state index in [1.54, 1.807) is 12.5 Å². The number of nitrogens with zero attached hydrogens (tertiary/aromatic N) is 1. The number of amides is 1. The number of imidazole rings is 1. The van der Waals surface area contributed by atoms with Crippen LogP contribution in [0.15, 0.2) is 25.2 Å². The molecule has 6 nitrogen and oxygen atoms in total. The third-order valence-corrected chi connectivity index (χ3v) is 6.11. The van der Waals surface area contributed by atoms with Crippen LogP contribution in [-0.2, 0) is 11.2 Å². The van der Waals surface area contributed by atoms with E-state index in [9.17, 15) is 9.90 Å². The van der Waals surface area contributed by atoms with Crippen LogP contribution in [0.25, 0.3) is 0 Å². The predicted octanol–water partition coefficient (Wildman–Crippen LogP) is 2.94. The number of hydrogen-bond donors (Lipinski definition) is 4. The third kappa shape index (κ3) is 7.06. The molecule has 158 valence electrons. The van der Waals surface area contributed by atoms with Gasteiger partial charge in [0.15, 0.2) is 0 Å². The summed E-state index contributed by atoms with van der Waals surface area (Å²) < 4.78 is 0. The molecule has 0 aliphatic heterocycles. The summed E-state index contributed by atoms with van der Waals surface area (Å²) in [4.78, 5) is 19.7. The Labute approximate surface area is 169 Å². The zero-order valence-corrected chi connectivity index (χ0v) is 17.4. The van der Waals surface area contributed by atoms with Gasteiger partial charge in [0.1, 0.15) is 0 Å². The van der Waals surface area contributed by atoms with Crippen molar-refractivity contribution in [3.05, 3.63) is 30.9 Å². The number of allylic oxidation sites excluding steroid dienone is 1. The number of nitrogens with two attached hydrogens (primary N) is 1. The van der Waals surface area contributed by atoms with Crippen LogP contribution in [0.1, 0.15) is 64.5 Å². The van der Waals surface area contributed by atoms with Gasteiger partial charge in [-0.05, 0) is 30.6 Å². The molecular weight excluding hydrogens is 352 g/mol. The van der Waals surface area contributed by atoms with Crippen molar-refractivity contribution in [1.82, 2.24) is 15.3 Å². The average molecular weight is 391 g/mol. The normalized spacial score (nSPS) is 19.8. The Hall–Kier alpha value is -1.66. The highest BCUT2D eigenvalue weighted by molar-refractivity contribution is 5.82. The maximum absolute atomic E-state index is 12.7. The standard InChI is InChI=1S/C22H38N4O2/c1-4-17(15(2)3)11-21(27)20(10-16-8-6-5-7-9-16)26-22(28)19(23)12-18-13-24-14-25-18/h4,13-17,19-21,27H,1,5-12,23H2,2-3H3,(H,24,25)(H,26,28)/t17-,19+,20+,21+/m1/s1. The van der Waals surface area contributed by atoms with Crippen molar-refractivity contribution in [2.75, 3.05) is 0 Å². The molecule has 6 heteroatoms. The van der Waals surface area contributed by atoms with Gasteiger partial charge < -0.3 is 21.1 Å². The third-order valence-electron chi connectivity index (χ3n) is 6.11. The minimum absolute atomic E-state index is 0.214. The maximum Gasteiger partial charge on any atom is 0.237 e. The molecule has 2 rings (SSSR count). The van der Waals surface area contributed by atoms with Crippen molar-refractivity contribution in [3.63, 3.8) is 0 Å². The fraction of sp³-hybridized carbons (Fsp3) is 0.727. The maximum atomic E-state index is 12.7. The summed E-state index contributed by atoms with van der Waals surface area (Å²) in [6, 6.07) is -0.938. The number of rotatable bonds is 11. The first kappa shape index (κ1) is 22.6. The minimum atomic E-state index is -0.665. The lowest BCUT2D eigenvalue weighted by atomic mass is 9.81. The number of aromatic nitrogens is 2. The highest BCUT2D eigenvalue weighted by atomic mass is 16.3. The Balaban J connectivity index is 2.00. The highest BCUT2D eigenvalue weighted by Gasteiger charge is 2.29. The van der Waals surface area contributed by atoms with Crippen LogP contribution in [0.4, 0.5) is 0 Å². The second kappa shape index (κ2) is 11.4. The van der Waals surface area contributed by atoms with E-state index in [4.69, 9.17) is 5.73 Å². The van der Waals surface area contributed by atoms with Gasteiger partial charge in [-0.1, -0.05) is 52.0 Å². The van der Waals surface area contributed by atoms with Crippen LogP contribution in [0, 0.1) is 17.8 Å². The Kier molecular flexibility index (Phi) is 9.19. The summed E-state index contributed by atoms with van der Waals surface area (Å²) in [5, 5.41) is 14.0. The smallest absolute Gasteiger partial charge is 0.237 e. The first-order valence-corrected chi connectivity index (χ1v) is 10.7. The number of aliphatic hydroxyl groups excluding tert-OH is 1. The summed E-state index contributed by atoms with van der Waals surface area (Å²) in [6.45, 7) is 8.18. The number of nitrogens with one attached hydrogen (secondary N) is 2. The molecule has 0 bridgehead atoms. The zero-order valence-electron chi connectivity index (χ0n) is 17.4. The fourth-order valence-corrected chi connectivity index (χ4v) is 4.19. The quantitative estimate of drug-likeness (QED) is 0.436. The molecule has 1 aromatic rings. The van der Waals surface area contributed by atoms with Gasteiger partial charge in [0.25, 0.3) is 0 Å². The van der Waals surface area contributed by atoms with E-state index in [0.717, 1.165) is 12.1 Å². The Bertz CT molecular complexity index is 581. The molecule has 1 aliphatic carbocycles. The van der Waals surface area contributed by atoms with E-state index in [-0.39, 0.29) is 17.9 Å². The summed E-state index contributed by atoms with van der Waals surface area (Å²) in [6.07, 6.45) is 12.5. The SMILES string of the molecule is C=C[C@H](C[C@H](O)[C@H](CC1CCCCC1)NC(=O)[C@@H](N)Cc1cnc[nH]1)C(C)C. The summed E-state index contributed by atoms with van der Waals surface area (Å²) >= 11 is 0. The molecule has 1 aromatic heterocycles. The molecular formula is C22H38N4O2. The molecule has 5 N–H and O–H groups in total. The van der Waals surface area contributed by atoms with Gasteiger partial charge in [-0.15, -0.1) is 6.58 Å². The van der Waals surface area contributed by atoms with E-state index in [1.165, 1.54) is 32.1 Å². The average Bonchev–Trinajstić information content (AvgIpc) is 3.18. The van der Waals surface area contributed by atoms with Gasteiger partial charge in [0, 0.05) is 18.3 Å². The fourth-order valence-electron chi connectivity index (χ4n) is 4.19. The topological polar surface area (TPSA) is 104 Å². The summed E-state index contributed by atoms with van der Waals surface area (Å²) in [5.74, 6) is 0.966. The predicted molar refractivity (Wildman–Crippen MR) is 113 cm³/mol. The van der Waals surface area contributed by atoms with Crippen molar-refractivity contribution >= 4 is 5.91 Å². The molecule has 4 atom stereocenters. The van der Waals surface area contributed by atoms with E-state index >= 15 is 0 Å². The molecule has 1 heterocycles. The molecule has 28 heavy (non-hydrogen) atoms. The molecule has 1 saturated carbocycles. The second-order valence-electron chi connectivity index (χ2n) is 8.69. The highest BCUT2D eigenvalue weighted by Crippen LogP contribution is 2.29. The summed E-state index contributed by atoms with van der Waals surface area (Å²) in [5.41, 5.74) is 6.94. The second-order valence-corrected chi connectivity index (χ2v) is 8.69. The Morgan fingerprint density at radius 2 is 2.14 bits per heavy atom. The van der Waals surface area contributed by atoms with Gasteiger partial charge in [-0.3, -0.25) is 4.79 Å². The van der Waals surface area contributed by atoms with Crippen LogP contribution >= 0.6 is 0 Å². The van der Waals surface area contributed by atoms with Gasteiger partial charge in [0.2, 0.25) is 5.91 Å². The van der Waals surface area contributed by atoms with E-state index in [0.29, 0.717) is 24.7 Å². The number of hydrogen-bond acceptors (Lipinski definition) is 4. The van der Waals surface area contributed by atoms with Crippen molar-refractivity contribution < 1.29 is 9.90 Å². The molecule has 0 unspecified atom stereocenters. The molecule has 0 aromatic carbocycles. The van der Waals surface area contributed by atoms with Crippen LogP contribution in [0.3, 0.4) is 0 Å². The molecule has 1 aliphatic rings. The van der Waals surface area contributed by atoms with Crippen LogP contribution in [-0.4, -0.2) is 39.2 Å². The Morgan fingerprint density at radius 1 is 1.43 bits per heavy atom. The minimum Gasteiger partial charge on any atom is -0.391 e. The van der Waals surface area contributed by atoms with Crippen molar-refractivity contribution in [2.45, 2.75) is 83.4 Å². The van der Waals surface area contributed by atoms with E-state index < -0.39 is 12.1 Å². The van der Waals surface area contributed by atoms with Gasteiger partial charge in [-0.2, -0.15) is 0 Å². The summed E-state index contributed by atoms with van der Waals surface area (Å²) in [7, 11) is 0. The number of H-pyrrole nitrogens is 1.